The molecule has 0 spiro atoms. The molecule has 0 aromatic heterocycles. The third kappa shape index (κ3) is 8.20. The van der Waals surface area contributed by atoms with Crippen molar-refractivity contribution < 1.29 is 37.6 Å². The maximum atomic E-state index is 13.8. The Hall–Kier alpha value is -3.21. The molecule has 0 bridgehead atoms. The highest BCUT2D eigenvalue weighted by Crippen LogP contribution is 2.33. The number of hydrogen-bond acceptors (Lipinski definition) is 9. The Bertz CT molecular complexity index is 1330. The van der Waals surface area contributed by atoms with Crippen LogP contribution < -0.4 is 5.32 Å². The predicted octanol–water partition coefficient (Wildman–Crippen LogP) is 3.17. The maximum absolute atomic E-state index is 13.8. The molecular weight excluding hydrogens is 562 g/mol. The van der Waals surface area contributed by atoms with E-state index in [2.05, 4.69) is 11.4 Å². The van der Waals surface area contributed by atoms with Gasteiger partial charge in [-0.2, -0.15) is 9.57 Å². The van der Waals surface area contributed by atoms with Gasteiger partial charge in [-0.25, -0.2) is 13.2 Å². The molecule has 2 heterocycles. The van der Waals surface area contributed by atoms with E-state index in [1.165, 1.54) is 28.6 Å². The molecule has 2 aliphatic rings. The fraction of sp³-hybridized carbons (Fsp3) is 0.533. The molecule has 0 unspecified atom stereocenters. The minimum Gasteiger partial charge on any atom is -0.508 e. The Morgan fingerprint density at radius 2 is 1.90 bits per heavy atom. The Morgan fingerprint density at radius 1 is 1.19 bits per heavy atom. The largest absolute Gasteiger partial charge is 0.508 e. The van der Waals surface area contributed by atoms with Crippen LogP contribution in [0.3, 0.4) is 0 Å². The number of aromatic hydroxyl groups is 1. The van der Waals surface area contributed by atoms with Crippen molar-refractivity contribution in [3.8, 4) is 11.8 Å². The van der Waals surface area contributed by atoms with Crippen LogP contribution in [0.1, 0.15) is 38.7 Å². The maximum Gasteiger partial charge on any atom is 0.407 e. The Kier molecular flexibility index (Phi) is 10.5. The van der Waals surface area contributed by atoms with Crippen molar-refractivity contribution >= 4 is 16.1 Å². The number of nitrogens with zero attached hydrogens (tertiary/aromatic N) is 2. The summed E-state index contributed by atoms with van der Waals surface area (Å²) in [6.07, 6.45) is -1.32. The van der Waals surface area contributed by atoms with Gasteiger partial charge in [0.25, 0.3) is 0 Å². The fourth-order valence-corrected chi connectivity index (χ4v) is 6.97. The van der Waals surface area contributed by atoms with Crippen LogP contribution in [0, 0.1) is 22.7 Å². The van der Waals surface area contributed by atoms with E-state index in [1.54, 1.807) is 0 Å². The fourth-order valence-electron chi connectivity index (χ4n) is 5.32. The lowest BCUT2D eigenvalue weighted by Gasteiger charge is -2.34. The van der Waals surface area contributed by atoms with Crippen LogP contribution in [0.25, 0.3) is 0 Å². The van der Waals surface area contributed by atoms with Crippen molar-refractivity contribution in [1.82, 2.24) is 9.62 Å². The molecule has 228 valence electrons. The van der Waals surface area contributed by atoms with Crippen molar-refractivity contribution in [2.24, 2.45) is 11.3 Å². The second-order valence-corrected chi connectivity index (χ2v) is 13.5. The topological polar surface area (TPSA) is 158 Å². The summed E-state index contributed by atoms with van der Waals surface area (Å²) in [5.74, 6) is -0.140. The zero-order valence-corrected chi connectivity index (χ0v) is 24.7. The van der Waals surface area contributed by atoms with Gasteiger partial charge in [-0.1, -0.05) is 44.2 Å². The smallest absolute Gasteiger partial charge is 0.407 e. The molecule has 4 rings (SSSR count). The van der Waals surface area contributed by atoms with Crippen molar-refractivity contribution in [3.05, 3.63) is 60.2 Å². The number of rotatable bonds is 13. The first-order valence-electron chi connectivity index (χ1n) is 14.1. The highest BCUT2D eigenvalue weighted by atomic mass is 32.2. The van der Waals surface area contributed by atoms with Gasteiger partial charge in [0.05, 0.1) is 42.2 Å². The van der Waals surface area contributed by atoms with Gasteiger partial charge in [0.1, 0.15) is 11.9 Å². The number of sulfonamides is 1. The van der Waals surface area contributed by atoms with E-state index >= 15 is 0 Å². The zero-order valence-electron chi connectivity index (χ0n) is 23.9. The lowest BCUT2D eigenvalue weighted by Crippen LogP contribution is -2.52. The molecule has 2 saturated heterocycles. The van der Waals surface area contributed by atoms with Crippen molar-refractivity contribution in [2.45, 2.75) is 69.0 Å². The molecule has 12 heteroatoms. The molecule has 5 atom stereocenters. The number of amides is 1. The first-order valence-corrected chi connectivity index (χ1v) is 15.5. The minimum absolute atomic E-state index is 0.0138. The summed E-state index contributed by atoms with van der Waals surface area (Å²) in [4.78, 5) is 13.0. The number of aliphatic hydroxyl groups excluding tert-OH is 1. The number of benzene rings is 2. The van der Waals surface area contributed by atoms with Gasteiger partial charge in [-0.15, -0.1) is 0 Å². The number of alkyl carbamates (subject to hydrolysis) is 1. The molecule has 11 nitrogen and oxygen atoms in total. The minimum atomic E-state index is -4.13. The Labute approximate surface area is 247 Å². The normalized spacial score (nSPS) is 21.8. The van der Waals surface area contributed by atoms with E-state index in [1.807, 2.05) is 44.2 Å². The van der Waals surface area contributed by atoms with E-state index < -0.39 is 46.1 Å². The molecule has 2 aromatic carbocycles. The predicted molar refractivity (Wildman–Crippen MR) is 153 cm³/mol. The van der Waals surface area contributed by atoms with Gasteiger partial charge in [0.2, 0.25) is 10.0 Å². The molecular formula is C30H39N3O8S. The Morgan fingerprint density at radius 3 is 2.60 bits per heavy atom. The first kappa shape index (κ1) is 31.7. The van der Waals surface area contributed by atoms with Gasteiger partial charge in [0.15, 0.2) is 6.29 Å². The average Bonchev–Trinajstić information content (AvgIpc) is 3.57. The van der Waals surface area contributed by atoms with E-state index in [4.69, 9.17) is 19.5 Å². The molecule has 1 amide bonds. The third-order valence-corrected chi connectivity index (χ3v) is 9.52. The van der Waals surface area contributed by atoms with Crippen molar-refractivity contribution in [2.75, 3.05) is 26.3 Å². The highest BCUT2D eigenvalue weighted by Gasteiger charge is 2.44. The van der Waals surface area contributed by atoms with Crippen LogP contribution in [0.15, 0.2) is 59.5 Å². The number of aliphatic hydroxyl groups is 1. The van der Waals surface area contributed by atoms with Crippen LogP contribution in [0.2, 0.25) is 0 Å². The van der Waals surface area contributed by atoms with Crippen molar-refractivity contribution in [1.29, 1.82) is 5.26 Å². The SMILES string of the molecule is CC(C)(CCC#N)CN(C[C@@H](O)[C@H](Cc1ccccc1)NC(=O)O[C@H]1CO[C@H]2OCC[C@H]21)S(=O)(=O)c1ccc(O)cc1. The number of phenolic OH excluding ortho intramolecular Hbond substituents is 1. The number of nitrogens with one attached hydrogen (secondary N) is 1. The van der Waals surface area contributed by atoms with Gasteiger partial charge < -0.3 is 29.7 Å². The monoisotopic (exact) mass is 601 g/mol. The van der Waals surface area contributed by atoms with Crippen LogP contribution in [0.4, 0.5) is 4.79 Å². The lowest BCUT2D eigenvalue weighted by molar-refractivity contribution is -0.0907. The summed E-state index contributed by atoms with van der Waals surface area (Å²) >= 11 is 0. The van der Waals surface area contributed by atoms with E-state index in [0.717, 1.165) is 5.56 Å². The summed E-state index contributed by atoms with van der Waals surface area (Å²) in [5, 5.41) is 33.1. The van der Waals surface area contributed by atoms with Gasteiger partial charge in [0, 0.05) is 19.5 Å². The van der Waals surface area contributed by atoms with E-state index in [0.29, 0.717) is 19.4 Å². The molecule has 2 aromatic rings. The average molecular weight is 602 g/mol. The third-order valence-electron chi connectivity index (χ3n) is 7.69. The second-order valence-electron chi connectivity index (χ2n) is 11.6. The number of nitriles is 1. The van der Waals surface area contributed by atoms with Gasteiger partial charge >= 0.3 is 6.09 Å². The second kappa shape index (κ2) is 13.8. The molecule has 3 N–H and O–H groups in total. The summed E-state index contributed by atoms with van der Waals surface area (Å²) in [5.41, 5.74) is 0.237. The molecule has 0 saturated carbocycles. The number of hydrogen-bond donors (Lipinski definition) is 3. The van der Waals surface area contributed by atoms with Crippen molar-refractivity contribution in [3.63, 3.8) is 0 Å². The molecule has 42 heavy (non-hydrogen) atoms. The molecule has 2 aliphatic heterocycles. The van der Waals surface area contributed by atoms with Crippen LogP contribution in [-0.4, -0.2) is 79.9 Å². The van der Waals surface area contributed by atoms with Crippen LogP contribution in [-0.2, 0) is 30.7 Å². The number of fused-ring (bicyclic) bond motifs is 1. The van der Waals surface area contributed by atoms with Gasteiger partial charge in [-0.3, -0.25) is 0 Å². The standard InChI is InChI=1S/C30H39N3O8S/c1-30(2,14-6-15-31)20-33(42(37,38)23-11-9-22(34)10-12-23)18-26(35)25(17-21-7-4-3-5-8-21)32-29(36)41-27-19-40-28-24(27)13-16-39-28/h3-5,7-12,24-28,34-35H,6,13-14,16-20H2,1-2H3,(H,32,36)/t24-,25-,26+,27-,28+/m0/s1. The summed E-state index contributed by atoms with van der Waals surface area (Å²) < 4.78 is 45.5. The summed E-state index contributed by atoms with van der Waals surface area (Å²) in [6.45, 7) is 4.14. The zero-order chi connectivity index (χ0) is 30.3. The molecule has 0 radical (unpaired) electrons. The number of carbonyl (C=O) groups is 1. The summed E-state index contributed by atoms with van der Waals surface area (Å²) in [7, 11) is -4.13. The van der Waals surface area contributed by atoms with Gasteiger partial charge in [-0.05, 0) is 54.5 Å². The highest BCUT2D eigenvalue weighted by molar-refractivity contribution is 7.89. The molecule has 2 fully saturated rings. The first-order chi connectivity index (χ1) is 20.0. The number of ether oxygens (including phenoxy) is 3. The Balaban J connectivity index is 1.56. The quantitative estimate of drug-likeness (QED) is 0.314. The lowest BCUT2D eigenvalue weighted by atomic mass is 9.88. The summed E-state index contributed by atoms with van der Waals surface area (Å²) in [6, 6.07) is 15.6. The van der Waals surface area contributed by atoms with E-state index in [9.17, 15) is 23.4 Å². The number of phenols is 1. The molecule has 0 aliphatic carbocycles. The van der Waals surface area contributed by atoms with Crippen LogP contribution >= 0.6 is 0 Å². The van der Waals surface area contributed by atoms with Crippen LogP contribution in [0.5, 0.6) is 5.75 Å². The number of carbonyl (C=O) groups excluding carboxylic acids is 1. The van der Waals surface area contributed by atoms with E-state index in [-0.39, 0.29) is 49.1 Å².